The number of aryl methyl sites for hydroxylation is 2. The van der Waals surface area contributed by atoms with Gasteiger partial charge < -0.3 is 14.1 Å². The third-order valence-electron chi connectivity index (χ3n) is 4.85. The summed E-state index contributed by atoms with van der Waals surface area (Å²) in [7, 11) is 0. The number of hydrogen-bond acceptors (Lipinski definition) is 5. The van der Waals surface area contributed by atoms with Gasteiger partial charge in [-0.1, -0.05) is 19.1 Å². The second kappa shape index (κ2) is 8.16. The number of halogens is 1. The molecule has 0 saturated carbocycles. The third-order valence-corrected chi connectivity index (χ3v) is 4.85. The fraction of sp³-hybridized carbons (Fsp3) is 0.381. The molecule has 1 amide bonds. The van der Waals surface area contributed by atoms with Gasteiger partial charge in [0.15, 0.2) is 0 Å². The van der Waals surface area contributed by atoms with E-state index in [4.69, 9.17) is 9.15 Å². The van der Waals surface area contributed by atoms with Crippen LogP contribution in [0.5, 0.6) is 0 Å². The van der Waals surface area contributed by atoms with E-state index in [2.05, 4.69) is 10.1 Å². The third kappa shape index (κ3) is 3.93. The Morgan fingerprint density at radius 3 is 2.83 bits per heavy atom. The molecule has 1 aliphatic rings. The first-order chi connectivity index (χ1) is 14.1. The summed E-state index contributed by atoms with van der Waals surface area (Å²) in [5.41, 5.74) is 0.286. The molecule has 152 valence electrons. The molecule has 1 aliphatic heterocycles. The van der Waals surface area contributed by atoms with Crippen molar-refractivity contribution in [3.8, 4) is 5.69 Å². The minimum Gasteiger partial charge on any atom is -0.464 e. The maximum absolute atomic E-state index is 14.3. The van der Waals surface area contributed by atoms with Crippen molar-refractivity contribution in [2.75, 3.05) is 19.7 Å². The van der Waals surface area contributed by atoms with Gasteiger partial charge in [0.05, 0.1) is 13.2 Å². The number of carbonyl (C=O) groups excluding carboxylic acids is 1. The number of hydrogen-bond donors (Lipinski definition) is 0. The molecule has 8 heteroatoms. The van der Waals surface area contributed by atoms with Gasteiger partial charge in [-0.05, 0) is 37.6 Å². The number of morpholine rings is 1. The number of benzene rings is 1. The first-order valence-electron chi connectivity index (χ1n) is 9.75. The van der Waals surface area contributed by atoms with Crippen molar-refractivity contribution in [2.45, 2.75) is 32.8 Å². The van der Waals surface area contributed by atoms with E-state index in [1.54, 1.807) is 23.1 Å². The zero-order valence-electron chi connectivity index (χ0n) is 16.5. The van der Waals surface area contributed by atoms with E-state index in [-0.39, 0.29) is 23.5 Å². The van der Waals surface area contributed by atoms with E-state index in [1.165, 1.54) is 10.7 Å². The maximum Gasteiger partial charge on any atom is 0.293 e. The summed E-state index contributed by atoms with van der Waals surface area (Å²) in [6.07, 6.45) is 1.06. The molecule has 3 aromatic rings. The molecule has 1 fully saturated rings. The molecule has 1 aromatic carbocycles. The Balaban J connectivity index is 1.60. The number of para-hydroxylation sites is 1. The lowest BCUT2D eigenvalue weighted by Gasteiger charge is -2.31. The Morgan fingerprint density at radius 1 is 1.28 bits per heavy atom. The molecule has 1 saturated heterocycles. The number of furan rings is 1. The average Bonchev–Trinajstić information content (AvgIpc) is 3.35. The molecular formula is C21H23FN4O3. The average molecular weight is 398 g/mol. The number of rotatable bonds is 5. The van der Waals surface area contributed by atoms with Crippen LogP contribution in [0.2, 0.25) is 0 Å². The van der Waals surface area contributed by atoms with Crippen molar-refractivity contribution in [1.29, 1.82) is 0 Å². The standard InChI is InChI=1S/C21H23FN4O3/c1-3-6-19-23-20(24-26(19)16-8-5-4-7-15(16)22)21(27)25-11-12-28-18(13-25)17-10-9-14(2)29-17/h4-5,7-10,18H,3,6,11-13H2,1-2H3. The van der Waals surface area contributed by atoms with Crippen LogP contribution in [-0.2, 0) is 11.2 Å². The zero-order chi connectivity index (χ0) is 20.4. The van der Waals surface area contributed by atoms with Crippen LogP contribution in [-0.4, -0.2) is 45.3 Å². The van der Waals surface area contributed by atoms with Crippen LogP contribution in [0.25, 0.3) is 5.69 Å². The molecule has 1 atom stereocenters. The van der Waals surface area contributed by atoms with Gasteiger partial charge in [0, 0.05) is 13.0 Å². The van der Waals surface area contributed by atoms with E-state index in [0.29, 0.717) is 37.7 Å². The molecule has 3 heterocycles. The lowest BCUT2D eigenvalue weighted by Crippen LogP contribution is -2.42. The van der Waals surface area contributed by atoms with Gasteiger partial charge in [0.2, 0.25) is 5.82 Å². The quantitative estimate of drug-likeness (QED) is 0.658. The van der Waals surface area contributed by atoms with Crippen LogP contribution in [0.15, 0.2) is 40.8 Å². The summed E-state index contributed by atoms with van der Waals surface area (Å²) in [6.45, 7) is 5.05. The van der Waals surface area contributed by atoms with Crippen LogP contribution in [0.3, 0.4) is 0 Å². The monoisotopic (exact) mass is 398 g/mol. The number of carbonyl (C=O) groups is 1. The summed E-state index contributed by atoms with van der Waals surface area (Å²) >= 11 is 0. The van der Waals surface area contributed by atoms with E-state index in [1.807, 2.05) is 26.0 Å². The molecule has 0 N–H and O–H groups in total. The number of amides is 1. The summed E-state index contributed by atoms with van der Waals surface area (Å²) in [4.78, 5) is 19.2. The van der Waals surface area contributed by atoms with Gasteiger partial charge in [-0.15, -0.1) is 5.10 Å². The van der Waals surface area contributed by atoms with Crippen LogP contribution in [0.4, 0.5) is 4.39 Å². The molecule has 2 aromatic heterocycles. The highest BCUT2D eigenvalue weighted by molar-refractivity contribution is 5.90. The van der Waals surface area contributed by atoms with Gasteiger partial charge in [0.25, 0.3) is 5.91 Å². The summed E-state index contributed by atoms with van der Waals surface area (Å²) in [6, 6.07) is 10.1. The fourth-order valence-electron chi connectivity index (χ4n) is 3.41. The molecule has 7 nitrogen and oxygen atoms in total. The van der Waals surface area contributed by atoms with E-state index >= 15 is 0 Å². The molecule has 0 radical (unpaired) electrons. The Kier molecular flexibility index (Phi) is 5.44. The lowest BCUT2D eigenvalue weighted by atomic mass is 10.2. The first-order valence-corrected chi connectivity index (χ1v) is 9.75. The van der Waals surface area contributed by atoms with Crippen LogP contribution >= 0.6 is 0 Å². The van der Waals surface area contributed by atoms with Crippen molar-refractivity contribution in [3.05, 3.63) is 65.4 Å². The largest absolute Gasteiger partial charge is 0.464 e. The predicted octanol–water partition coefficient (Wildman–Crippen LogP) is 3.47. The minimum atomic E-state index is -0.409. The molecule has 0 bridgehead atoms. The number of ether oxygens (including phenoxy) is 1. The maximum atomic E-state index is 14.3. The molecule has 4 rings (SSSR count). The molecule has 1 unspecified atom stereocenters. The normalized spacial score (nSPS) is 16.9. The number of nitrogens with zero attached hydrogens (tertiary/aromatic N) is 4. The zero-order valence-corrected chi connectivity index (χ0v) is 16.5. The second-order valence-corrected chi connectivity index (χ2v) is 7.02. The Bertz CT molecular complexity index is 1010. The highest BCUT2D eigenvalue weighted by atomic mass is 19.1. The molecule has 29 heavy (non-hydrogen) atoms. The molecule has 0 spiro atoms. The molecule has 0 aliphatic carbocycles. The summed E-state index contributed by atoms with van der Waals surface area (Å²) in [5, 5.41) is 4.35. The van der Waals surface area contributed by atoms with Crippen LogP contribution in [0, 0.1) is 12.7 Å². The number of aromatic nitrogens is 3. The van der Waals surface area contributed by atoms with Crippen molar-refractivity contribution in [2.24, 2.45) is 0 Å². The SMILES string of the molecule is CCCc1nc(C(=O)N2CCOC(c3ccc(C)o3)C2)nn1-c1ccccc1F. The van der Waals surface area contributed by atoms with Crippen molar-refractivity contribution in [1.82, 2.24) is 19.7 Å². The van der Waals surface area contributed by atoms with E-state index < -0.39 is 5.82 Å². The van der Waals surface area contributed by atoms with E-state index in [9.17, 15) is 9.18 Å². The highest BCUT2D eigenvalue weighted by Crippen LogP contribution is 2.25. The smallest absolute Gasteiger partial charge is 0.293 e. The fourth-order valence-corrected chi connectivity index (χ4v) is 3.41. The van der Waals surface area contributed by atoms with Gasteiger partial charge in [-0.3, -0.25) is 4.79 Å². The Hall–Kier alpha value is -3.00. The van der Waals surface area contributed by atoms with Crippen LogP contribution < -0.4 is 0 Å². The van der Waals surface area contributed by atoms with Gasteiger partial charge in [-0.25, -0.2) is 14.1 Å². The lowest BCUT2D eigenvalue weighted by molar-refractivity contribution is -0.0327. The molecular weight excluding hydrogens is 375 g/mol. The highest BCUT2D eigenvalue weighted by Gasteiger charge is 2.30. The summed E-state index contributed by atoms with van der Waals surface area (Å²) in [5.74, 6) is 1.40. The van der Waals surface area contributed by atoms with Crippen LogP contribution in [0.1, 0.15) is 47.4 Å². The van der Waals surface area contributed by atoms with Gasteiger partial charge in [0.1, 0.15) is 35.0 Å². The van der Waals surface area contributed by atoms with Crippen molar-refractivity contribution in [3.63, 3.8) is 0 Å². The summed E-state index contributed by atoms with van der Waals surface area (Å²) < 4.78 is 27.1. The topological polar surface area (TPSA) is 73.4 Å². The van der Waals surface area contributed by atoms with Crippen molar-refractivity contribution >= 4 is 5.91 Å². The van der Waals surface area contributed by atoms with E-state index in [0.717, 1.165) is 12.2 Å². The Morgan fingerprint density at radius 2 is 2.10 bits per heavy atom. The van der Waals surface area contributed by atoms with Gasteiger partial charge >= 0.3 is 0 Å². The minimum absolute atomic E-state index is 0.0629. The first kappa shape index (κ1) is 19.3. The van der Waals surface area contributed by atoms with Gasteiger partial charge in [-0.2, -0.15) is 0 Å². The van der Waals surface area contributed by atoms with Crippen molar-refractivity contribution < 1.29 is 18.3 Å². The second-order valence-electron chi connectivity index (χ2n) is 7.02. The predicted molar refractivity (Wildman–Crippen MR) is 103 cm³/mol. The Labute approximate surface area is 168 Å².